The third-order valence-corrected chi connectivity index (χ3v) is 3.21. The Hall–Kier alpha value is -2.87. The first-order valence-electron chi connectivity index (χ1n) is 6.39. The van der Waals surface area contributed by atoms with E-state index in [4.69, 9.17) is 10.00 Å². The van der Waals surface area contributed by atoms with Gasteiger partial charge in [-0.25, -0.2) is 0 Å². The first-order chi connectivity index (χ1) is 10.0. The number of nitriles is 1. The first kappa shape index (κ1) is 14.5. The molecular formula is C16H14N2O3. The van der Waals surface area contributed by atoms with Crippen LogP contribution in [0.4, 0.5) is 5.69 Å². The molecule has 0 atom stereocenters. The minimum atomic E-state index is -0.406. The molecule has 0 saturated heterocycles. The van der Waals surface area contributed by atoms with E-state index in [9.17, 15) is 10.1 Å². The lowest BCUT2D eigenvalue weighted by atomic mass is 10.1. The molecule has 0 bridgehead atoms. The zero-order valence-corrected chi connectivity index (χ0v) is 11.8. The Balaban J connectivity index is 2.23. The quantitative estimate of drug-likeness (QED) is 0.633. The Morgan fingerprint density at radius 3 is 2.62 bits per heavy atom. The van der Waals surface area contributed by atoms with E-state index < -0.39 is 4.92 Å². The van der Waals surface area contributed by atoms with Crippen molar-refractivity contribution in [2.75, 3.05) is 0 Å². The summed E-state index contributed by atoms with van der Waals surface area (Å²) >= 11 is 0. The van der Waals surface area contributed by atoms with Crippen molar-refractivity contribution in [2.24, 2.45) is 0 Å². The Kier molecular flexibility index (Phi) is 4.19. The molecule has 5 heteroatoms. The lowest BCUT2D eigenvalue weighted by Gasteiger charge is -2.11. The summed E-state index contributed by atoms with van der Waals surface area (Å²) in [7, 11) is 0. The molecule has 2 rings (SSSR count). The van der Waals surface area contributed by atoms with Crippen LogP contribution in [0, 0.1) is 35.3 Å². The number of benzene rings is 2. The van der Waals surface area contributed by atoms with E-state index >= 15 is 0 Å². The van der Waals surface area contributed by atoms with E-state index in [0.717, 1.165) is 5.56 Å². The van der Waals surface area contributed by atoms with Crippen LogP contribution in [0.25, 0.3) is 0 Å². The molecule has 0 heterocycles. The second-order valence-corrected chi connectivity index (χ2v) is 4.72. The minimum absolute atomic E-state index is 0.0808. The third-order valence-electron chi connectivity index (χ3n) is 3.21. The van der Waals surface area contributed by atoms with Crippen LogP contribution in [0.3, 0.4) is 0 Å². The van der Waals surface area contributed by atoms with Gasteiger partial charge in [-0.05, 0) is 31.5 Å². The van der Waals surface area contributed by atoms with E-state index in [0.29, 0.717) is 22.4 Å². The molecule has 0 spiro atoms. The lowest BCUT2D eigenvalue weighted by Crippen LogP contribution is -2.01. The van der Waals surface area contributed by atoms with E-state index in [2.05, 4.69) is 6.07 Å². The number of hydrogen-bond donors (Lipinski definition) is 0. The van der Waals surface area contributed by atoms with Crippen molar-refractivity contribution in [2.45, 2.75) is 20.5 Å². The van der Waals surface area contributed by atoms with Gasteiger partial charge in [-0.15, -0.1) is 0 Å². The topological polar surface area (TPSA) is 76.2 Å². The van der Waals surface area contributed by atoms with Crippen molar-refractivity contribution in [3.8, 4) is 11.8 Å². The van der Waals surface area contributed by atoms with Crippen LogP contribution in [0.5, 0.6) is 5.75 Å². The maximum absolute atomic E-state index is 10.9. The summed E-state index contributed by atoms with van der Waals surface area (Å²) in [5.41, 5.74) is 2.68. The molecule has 0 amide bonds. The highest BCUT2D eigenvalue weighted by atomic mass is 16.6. The SMILES string of the molecule is Cc1cc([N+](=O)[O-])c(C)cc1OCc1ccccc1C#N. The van der Waals surface area contributed by atoms with Gasteiger partial charge in [0.25, 0.3) is 5.69 Å². The first-order valence-corrected chi connectivity index (χ1v) is 6.39. The molecule has 5 nitrogen and oxygen atoms in total. The smallest absolute Gasteiger partial charge is 0.272 e. The normalized spacial score (nSPS) is 9.95. The molecule has 0 saturated carbocycles. The summed E-state index contributed by atoms with van der Waals surface area (Å²) in [5, 5.41) is 19.9. The van der Waals surface area contributed by atoms with Gasteiger partial charge in [0.2, 0.25) is 0 Å². The van der Waals surface area contributed by atoms with Gasteiger partial charge in [-0.2, -0.15) is 5.26 Å². The number of nitro benzene ring substituents is 1. The van der Waals surface area contributed by atoms with Crippen LogP contribution in [-0.2, 0) is 6.61 Å². The standard InChI is InChI=1S/C16H14N2O3/c1-11-8-16(12(2)7-15(11)18(19)20)21-10-14-6-4-3-5-13(14)9-17/h3-8H,10H2,1-2H3. The molecule has 106 valence electrons. The van der Waals surface area contributed by atoms with Crippen molar-refractivity contribution >= 4 is 5.69 Å². The summed E-state index contributed by atoms with van der Waals surface area (Å²) in [4.78, 5) is 10.5. The minimum Gasteiger partial charge on any atom is -0.489 e. The molecular weight excluding hydrogens is 268 g/mol. The highest BCUT2D eigenvalue weighted by Gasteiger charge is 2.14. The summed E-state index contributed by atoms with van der Waals surface area (Å²) < 4.78 is 5.71. The van der Waals surface area contributed by atoms with Gasteiger partial charge in [-0.3, -0.25) is 10.1 Å². The van der Waals surface area contributed by atoms with Gasteiger partial charge < -0.3 is 4.74 Å². The highest BCUT2D eigenvalue weighted by Crippen LogP contribution is 2.28. The molecule has 0 aliphatic heterocycles. The van der Waals surface area contributed by atoms with Crippen molar-refractivity contribution < 1.29 is 9.66 Å². The molecule has 0 radical (unpaired) electrons. The highest BCUT2D eigenvalue weighted by molar-refractivity contribution is 5.49. The number of aryl methyl sites for hydroxylation is 2. The second-order valence-electron chi connectivity index (χ2n) is 4.72. The van der Waals surface area contributed by atoms with Crippen LogP contribution in [0.15, 0.2) is 36.4 Å². The van der Waals surface area contributed by atoms with E-state index in [1.165, 1.54) is 6.07 Å². The average molecular weight is 282 g/mol. The van der Waals surface area contributed by atoms with Gasteiger partial charge in [-0.1, -0.05) is 18.2 Å². The molecule has 0 aliphatic carbocycles. The molecule has 21 heavy (non-hydrogen) atoms. The van der Waals surface area contributed by atoms with Crippen LogP contribution in [0.1, 0.15) is 22.3 Å². The molecule has 0 unspecified atom stereocenters. The number of nitrogens with zero attached hydrogens (tertiary/aromatic N) is 2. The van der Waals surface area contributed by atoms with Crippen LogP contribution in [-0.4, -0.2) is 4.92 Å². The van der Waals surface area contributed by atoms with Crippen LogP contribution in [0.2, 0.25) is 0 Å². The molecule has 0 N–H and O–H groups in total. The van der Waals surface area contributed by atoms with Gasteiger partial charge >= 0.3 is 0 Å². The summed E-state index contributed by atoms with van der Waals surface area (Å²) in [5.74, 6) is 0.589. The molecule has 0 fully saturated rings. The predicted molar refractivity (Wildman–Crippen MR) is 78.1 cm³/mol. The van der Waals surface area contributed by atoms with Gasteiger partial charge in [0, 0.05) is 17.2 Å². The zero-order chi connectivity index (χ0) is 15.4. The number of hydrogen-bond acceptors (Lipinski definition) is 4. The molecule has 2 aromatic carbocycles. The van der Waals surface area contributed by atoms with Gasteiger partial charge in [0.05, 0.1) is 16.6 Å². The Morgan fingerprint density at radius 1 is 1.24 bits per heavy atom. The van der Waals surface area contributed by atoms with Crippen molar-refractivity contribution in [3.05, 3.63) is 68.8 Å². The summed E-state index contributed by atoms with van der Waals surface area (Å²) in [6, 6.07) is 12.5. The predicted octanol–water partition coefficient (Wildman–Crippen LogP) is 3.66. The van der Waals surface area contributed by atoms with E-state index in [1.54, 1.807) is 32.0 Å². The number of nitro groups is 1. The second kappa shape index (κ2) is 6.06. The van der Waals surface area contributed by atoms with Crippen LogP contribution < -0.4 is 4.74 Å². The summed E-state index contributed by atoms with van der Waals surface area (Å²) in [6.07, 6.45) is 0. The fourth-order valence-electron chi connectivity index (χ4n) is 2.04. The van der Waals surface area contributed by atoms with Gasteiger partial charge in [0.15, 0.2) is 0 Å². The summed E-state index contributed by atoms with van der Waals surface area (Å²) in [6.45, 7) is 3.69. The Labute approximate surface area is 122 Å². The fourth-order valence-corrected chi connectivity index (χ4v) is 2.04. The number of ether oxygens (including phenoxy) is 1. The molecule has 0 aliphatic rings. The van der Waals surface area contributed by atoms with Crippen molar-refractivity contribution in [1.29, 1.82) is 5.26 Å². The fraction of sp³-hybridized carbons (Fsp3) is 0.188. The van der Waals surface area contributed by atoms with Crippen molar-refractivity contribution in [1.82, 2.24) is 0 Å². The zero-order valence-electron chi connectivity index (χ0n) is 11.8. The largest absolute Gasteiger partial charge is 0.489 e. The average Bonchev–Trinajstić information content (AvgIpc) is 2.47. The van der Waals surface area contributed by atoms with Crippen LogP contribution >= 0.6 is 0 Å². The van der Waals surface area contributed by atoms with E-state index in [1.807, 2.05) is 12.1 Å². The maximum Gasteiger partial charge on any atom is 0.272 e. The Bertz CT molecular complexity index is 733. The van der Waals surface area contributed by atoms with Gasteiger partial charge in [0.1, 0.15) is 12.4 Å². The molecule has 2 aromatic rings. The monoisotopic (exact) mass is 282 g/mol. The van der Waals surface area contributed by atoms with E-state index in [-0.39, 0.29) is 12.3 Å². The Morgan fingerprint density at radius 2 is 1.95 bits per heavy atom. The number of rotatable bonds is 4. The lowest BCUT2D eigenvalue weighted by molar-refractivity contribution is -0.385. The van der Waals surface area contributed by atoms with Crippen molar-refractivity contribution in [3.63, 3.8) is 0 Å². The maximum atomic E-state index is 10.9. The third kappa shape index (κ3) is 3.18. The molecule has 0 aromatic heterocycles.